The van der Waals surface area contributed by atoms with Crippen LogP contribution in [-0.2, 0) is 19.6 Å². The number of carbonyl (C=O) groups is 1. The summed E-state index contributed by atoms with van der Waals surface area (Å²) in [4.78, 5) is 11.3. The summed E-state index contributed by atoms with van der Waals surface area (Å²) in [5.41, 5.74) is 0.795. The third kappa shape index (κ3) is 3.54. The number of aryl methyl sites for hydroxylation is 1. The first-order valence-corrected chi connectivity index (χ1v) is 7.42. The van der Waals surface area contributed by atoms with E-state index in [1.807, 2.05) is 0 Å². The molecule has 0 saturated carbocycles. The summed E-state index contributed by atoms with van der Waals surface area (Å²) in [6.07, 6.45) is 0. The second kappa shape index (κ2) is 5.81. The Morgan fingerprint density at radius 3 is 2.56 bits per heavy atom. The first-order valence-electron chi connectivity index (χ1n) is 5.14. The Hall–Kier alpha value is -0.920. The van der Waals surface area contributed by atoms with E-state index >= 15 is 0 Å². The normalized spacial score (nSPS) is 13.1. The predicted octanol–water partition coefficient (Wildman–Crippen LogP) is 1.60. The molecule has 0 fully saturated rings. The summed E-state index contributed by atoms with van der Waals surface area (Å²) in [5, 5.41) is 0. The fraction of sp³-hybridized carbons (Fsp3) is 0.364. The lowest BCUT2D eigenvalue weighted by atomic mass is 10.2. The third-order valence-corrected chi connectivity index (χ3v) is 4.75. The van der Waals surface area contributed by atoms with Crippen LogP contribution in [0.3, 0.4) is 0 Å². The molecule has 1 N–H and O–H groups in total. The van der Waals surface area contributed by atoms with Crippen molar-refractivity contribution in [1.29, 1.82) is 0 Å². The number of hydrogen-bond acceptors (Lipinski definition) is 4. The van der Waals surface area contributed by atoms with Crippen LogP contribution in [0.1, 0.15) is 12.5 Å². The molecule has 0 radical (unpaired) electrons. The summed E-state index contributed by atoms with van der Waals surface area (Å²) in [7, 11) is -2.52. The van der Waals surface area contributed by atoms with E-state index < -0.39 is 22.0 Å². The number of rotatable bonds is 4. The molecule has 1 aromatic carbocycles. The molecule has 0 spiro atoms. The fourth-order valence-electron chi connectivity index (χ4n) is 1.31. The number of carbonyl (C=O) groups excluding carboxylic acids is 1. The molecule has 0 aliphatic carbocycles. The van der Waals surface area contributed by atoms with Gasteiger partial charge in [0.05, 0.1) is 12.0 Å². The average Bonchev–Trinajstić information content (AvgIpc) is 2.30. The lowest BCUT2D eigenvalue weighted by Crippen LogP contribution is -2.39. The Morgan fingerprint density at radius 2 is 2.06 bits per heavy atom. The van der Waals surface area contributed by atoms with Gasteiger partial charge in [0.1, 0.15) is 6.04 Å². The highest BCUT2D eigenvalue weighted by atomic mass is 79.9. The average molecular weight is 336 g/mol. The molecular formula is C11H14BrNO4S. The Bertz CT molecular complexity index is 556. The van der Waals surface area contributed by atoms with E-state index in [1.165, 1.54) is 26.2 Å². The van der Waals surface area contributed by atoms with E-state index in [1.54, 1.807) is 13.0 Å². The van der Waals surface area contributed by atoms with Gasteiger partial charge in [0, 0.05) is 4.47 Å². The number of hydrogen-bond donors (Lipinski definition) is 1. The Labute approximate surface area is 115 Å². The monoisotopic (exact) mass is 335 g/mol. The molecule has 0 saturated heterocycles. The highest BCUT2D eigenvalue weighted by Crippen LogP contribution is 2.20. The summed E-state index contributed by atoms with van der Waals surface area (Å²) in [6, 6.07) is 3.70. The minimum absolute atomic E-state index is 0.110. The first kappa shape index (κ1) is 15.1. The molecule has 0 aliphatic heterocycles. The fourth-order valence-corrected chi connectivity index (χ4v) is 2.83. The first-order chi connectivity index (χ1) is 8.27. The highest BCUT2D eigenvalue weighted by molar-refractivity contribution is 9.10. The molecule has 18 heavy (non-hydrogen) atoms. The predicted molar refractivity (Wildman–Crippen MR) is 70.7 cm³/mol. The van der Waals surface area contributed by atoms with E-state index in [9.17, 15) is 13.2 Å². The molecule has 0 bridgehead atoms. The minimum atomic E-state index is -3.73. The smallest absolute Gasteiger partial charge is 0.323 e. The van der Waals surface area contributed by atoms with Crippen LogP contribution in [0.25, 0.3) is 0 Å². The van der Waals surface area contributed by atoms with E-state index in [4.69, 9.17) is 0 Å². The van der Waals surface area contributed by atoms with Crippen LogP contribution in [0.15, 0.2) is 27.6 Å². The van der Waals surface area contributed by atoms with Crippen molar-refractivity contribution in [3.8, 4) is 0 Å². The Kier molecular flexibility index (Phi) is 4.89. The third-order valence-electron chi connectivity index (χ3n) is 2.33. The van der Waals surface area contributed by atoms with Gasteiger partial charge in [-0.25, -0.2) is 8.42 Å². The number of benzene rings is 1. The van der Waals surface area contributed by atoms with Gasteiger partial charge in [0.2, 0.25) is 10.0 Å². The molecule has 1 aromatic rings. The summed E-state index contributed by atoms with van der Waals surface area (Å²) in [5.74, 6) is -0.632. The summed E-state index contributed by atoms with van der Waals surface area (Å²) < 4.78 is 31.5. The Balaban J connectivity index is 3.00. The molecule has 0 aliphatic rings. The van der Waals surface area contributed by atoms with Crippen LogP contribution in [0.4, 0.5) is 0 Å². The van der Waals surface area contributed by atoms with Gasteiger partial charge in [0.15, 0.2) is 0 Å². The van der Waals surface area contributed by atoms with Gasteiger partial charge in [0.25, 0.3) is 0 Å². The highest BCUT2D eigenvalue weighted by Gasteiger charge is 2.22. The molecule has 1 rings (SSSR count). The maximum absolute atomic E-state index is 12.0. The summed E-state index contributed by atoms with van der Waals surface area (Å²) in [6.45, 7) is 3.21. The number of sulfonamides is 1. The zero-order chi connectivity index (χ0) is 13.9. The van der Waals surface area contributed by atoms with Crippen molar-refractivity contribution >= 4 is 31.9 Å². The molecule has 7 heteroatoms. The Morgan fingerprint density at radius 1 is 1.44 bits per heavy atom. The SMILES string of the molecule is COC(=O)C(C)NS(=O)(=O)c1ccc(Br)c(C)c1. The zero-order valence-corrected chi connectivity index (χ0v) is 12.6. The lowest BCUT2D eigenvalue weighted by Gasteiger charge is -2.12. The van der Waals surface area contributed by atoms with Crippen molar-refractivity contribution in [3.05, 3.63) is 28.2 Å². The van der Waals surface area contributed by atoms with Crippen molar-refractivity contribution in [1.82, 2.24) is 4.72 Å². The second-order valence-electron chi connectivity index (χ2n) is 3.78. The lowest BCUT2D eigenvalue weighted by molar-refractivity contribution is -0.142. The van der Waals surface area contributed by atoms with E-state index in [2.05, 4.69) is 25.4 Å². The number of ether oxygens (including phenoxy) is 1. The maximum atomic E-state index is 12.0. The molecule has 0 aromatic heterocycles. The number of nitrogens with one attached hydrogen (secondary N) is 1. The van der Waals surface area contributed by atoms with Crippen molar-refractivity contribution < 1.29 is 17.9 Å². The van der Waals surface area contributed by atoms with Crippen LogP contribution < -0.4 is 4.72 Å². The molecule has 1 atom stereocenters. The molecule has 5 nitrogen and oxygen atoms in total. The molecule has 0 heterocycles. The van der Waals surface area contributed by atoms with E-state index in [0.717, 1.165) is 10.0 Å². The van der Waals surface area contributed by atoms with Crippen molar-refractivity contribution in [2.45, 2.75) is 24.8 Å². The van der Waals surface area contributed by atoms with Gasteiger partial charge in [-0.1, -0.05) is 15.9 Å². The number of halogens is 1. The van der Waals surface area contributed by atoms with Crippen LogP contribution in [-0.4, -0.2) is 27.5 Å². The number of methoxy groups -OCH3 is 1. The maximum Gasteiger partial charge on any atom is 0.323 e. The molecule has 0 amide bonds. The van der Waals surface area contributed by atoms with Gasteiger partial charge < -0.3 is 4.74 Å². The largest absolute Gasteiger partial charge is 0.468 e. The van der Waals surface area contributed by atoms with E-state index in [0.29, 0.717) is 0 Å². The van der Waals surface area contributed by atoms with Crippen molar-refractivity contribution in [2.24, 2.45) is 0 Å². The van der Waals surface area contributed by atoms with Crippen LogP contribution >= 0.6 is 15.9 Å². The van der Waals surface area contributed by atoms with Gasteiger partial charge in [-0.15, -0.1) is 0 Å². The van der Waals surface area contributed by atoms with Crippen molar-refractivity contribution in [3.63, 3.8) is 0 Å². The van der Waals surface area contributed by atoms with Gasteiger partial charge in [-0.2, -0.15) is 4.72 Å². The number of esters is 1. The quantitative estimate of drug-likeness (QED) is 0.848. The summed E-state index contributed by atoms with van der Waals surface area (Å²) >= 11 is 3.29. The van der Waals surface area contributed by atoms with Crippen LogP contribution in [0, 0.1) is 6.92 Å². The topological polar surface area (TPSA) is 72.5 Å². The minimum Gasteiger partial charge on any atom is -0.468 e. The zero-order valence-electron chi connectivity index (χ0n) is 10.2. The molecule has 100 valence electrons. The van der Waals surface area contributed by atoms with Gasteiger partial charge >= 0.3 is 5.97 Å². The van der Waals surface area contributed by atoms with Gasteiger partial charge in [-0.3, -0.25) is 4.79 Å². The van der Waals surface area contributed by atoms with Crippen molar-refractivity contribution in [2.75, 3.05) is 7.11 Å². The van der Waals surface area contributed by atoms with Crippen LogP contribution in [0.2, 0.25) is 0 Å². The standard InChI is InChI=1S/C11H14BrNO4S/c1-7-6-9(4-5-10(7)12)18(15,16)13-8(2)11(14)17-3/h4-6,8,13H,1-3H3. The van der Waals surface area contributed by atoms with Crippen LogP contribution in [0.5, 0.6) is 0 Å². The molecular weight excluding hydrogens is 322 g/mol. The second-order valence-corrected chi connectivity index (χ2v) is 6.35. The molecule has 1 unspecified atom stereocenters. The van der Waals surface area contributed by atoms with E-state index in [-0.39, 0.29) is 4.90 Å². The van der Waals surface area contributed by atoms with Gasteiger partial charge in [-0.05, 0) is 37.6 Å².